The zero-order valence-corrected chi connectivity index (χ0v) is 14.1. The van der Waals surface area contributed by atoms with Crippen LogP contribution in [0, 0.1) is 0 Å². The van der Waals surface area contributed by atoms with E-state index in [1.54, 1.807) is 30.3 Å². The minimum absolute atomic E-state index is 0.0556. The molecule has 0 aliphatic rings. The molecule has 25 heavy (non-hydrogen) atoms. The van der Waals surface area contributed by atoms with Gasteiger partial charge in [-0.1, -0.05) is 18.2 Å². The fourth-order valence-electron chi connectivity index (χ4n) is 2.26. The standard InChI is InChI=1S/C18H19F2NO4/c1-22-15-9-12(10-16(23-2)17(15)24-3)5-4-11-6-7-14(13(21)8-11)25-18(19)20/h4-10,18H,21H2,1-3H3. The molecule has 0 fully saturated rings. The van der Waals surface area contributed by atoms with Gasteiger partial charge in [-0.2, -0.15) is 8.78 Å². The first-order valence-electron chi connectivity index (χ1n) is 7.31. The number of rotatable bonds is 7. The van der Waals surface area contributed by atoms with Crippen LogP contribution in [0.3, 0.4) is 0 Å². The fourth-order valence-corrected chi connectivity index (χ4v) is 2.26. The van der Waals surface area contributed by atoms with Gasteiger partial charge in [0.25, 0.3) is 0 Å². The maximum absolute atomic E-state index is 12.2. The molecule has 0 radical (unpaired) electrons. The van der Waals surface area contributed by atoms with Gasteiger partial charge in [0.15, 0.2) is 11.5 Å². The Balaban J connectivity index is 2.28. The highest BCUT2D eigenvalue weighted by Crippen LogP contribution is 2.38. The molecule has 7 heteroatoms. The molecule has 0 bridgehead atoms. The van der Waals surface area contributed by atoms with E-state index >= 15 is 0 Å². The zero-order valence-electron chi connectivity index (χ0n) is 14.1. The summed E-state index contributed by atoms with van der Waals surface area (Å²) in [5.41, 5.74) is 7.39. The van der Waals surface area contributed by atoms with Crippen LogP contribution in [0.5, 0.6) is 23.0 Å². The number of nitrogens with two attached hydrogens (primary N) is 1. The van der Waals surface area contributed by atoms with Gasteiger partial charge >= 0.3 is 6.61 Å². The summed E-state index contributed by atoms with van der Waals surface area (Å²) in [4.78, 5) is 0. The van der Waals surface area contributed by atoms with E-state index in [4.69, 9.17) is 19.9 Å². The molecule has 0 spiro atoms. The molecule has 2 aromatic rings. The number of alkyl halides is 2. The Hall–Kier alpha value is -2.96. The summed E-state index contributed by atoms with van der Waals surface area (Å²) in [6.45, 7) is -2.91. The highest BCUT2D eigenvalue weighted by atomic mass is 19.3. The lowest BCUT2D eigenvalue weighted by Gasteiger charge is -2.12. The van der Waals surface area contributed by atoms with Crippen LogP contribution in [0.2, 0.25) is 0 Å². The van der Waals surface area contributed by atoms with Crippen LogP contribution in [0.25, 0.3) is 12.2 Å². The third-order valence-electron chi connectivity index (χ3n) is 3.41. The Morgan fingerprint density at radius 3 is 1.92 bits per heavy atom. The second kappa shape index (κ2) is 8.23. The molecular formula is C18H19F2NO4. The van der Waals surface area contributed by atoms with E-state index < -0.39 is 6.61 Å². The van der Waals surface area contributed by atoms with Gasteiger partial charge < -0.3 is 24.7 Å². The van der Waals surface area contributed by atoms with Crippen molar-refractivity contribution in [2.45, 2.75) is 6.61 Å². The number of hydrogen-bond donors (Lipinski definition) is 1. The van der Waals surface area contributed by atoms with Crippen LogP contribution in [-0.4, -0.2) is 27.9 Å². The molecule has 0 atom stereocenters. The molecule has 0 heterocycles. The van der Waals surface area contributed by atoms with Crippen molar-refractivity contribution >= 4 is 17.8 Å². The van der Waals surface area contributed by atoms with Crippen LogP contribution in [0.1, 0.15) is 11.1 Å². The largest absolute Gasteiger partial charge is 0.493 e. The molecule has 0 amide bonds. The molecule has 134 valence electrons. The van der Waals surface area contributed by atoms with E-state index in [0.717, 1.165) is 11.1 Å². The first-order valence-corrected chi connectivity index (χ1v) is 7.31. The van der Waals surface area contributed by atoms with Crippen molar-refractivity contribution in [3.63, 3.8) is 0 Å². The number of anilines is 1. The number of ether oxygens (including phenoxy) is 4. The van der Waals surface area contributed by atoms with Gasteiger partial charge in [-0.25, -0.2) is 0 Å². The Labute approximate surface area is 144 Å². The molecule has 5 nitrogen and oxygen atoms in total. The summed E-state index contributed by atoms with van der Waals surface area (Å²) in [5.74, 6) is 1.50. The minimum Gasteiger partial charge on any atom is -0.493 e. The Morgan fingerprint density at radius 1 is 0.840 bits per heavy atom. The number of benzene rings is 2. The van der Waals surface area contributed by atoms with Crippen LogP contribution < -0.4 is 24.7 Å². The van der Waals surface area contributed by atoms with Crippen molar-refractivity contribution in [1.82, 2.24) is 0 Å². The smallest absolute Gasteiger partial charge is 0.387 e. The molecule has 0 unspecified atom stereocenters. The normalized spacial score (nSPS) is 11.0. The maximum Gasteiger partial charge on any atom is 0.387 e. The average molecular weight is 351 g/mol. The monoisotopic (exact) mass is 351 g/mol. The van der Waals surface area contributed by atoms with Gasteiger partial charge in [0, 0.05) is 0 Å². The van der Waals surface area contributed by atoms with Gasteiger partial charge in [-0.15, -0.1) is 0 Å². The minimum atomic E-state index is -2.91. The van der Waals surface area contributed by atoms with E-state index in [9.17, 15) is 8.78 Å². The number of halogens is 2. The highest BCUT2D eigenvalue weighted by Gasteiger charge is 2.12. The number of methoxy groups -OCH3 is 3. The van der Waals surface area contributed by atoms with Crippen molar-refractivity contribution in [1.29, 1.82) is 0 Å². The third kappa shape index (κ3) is 4.53. The summed E-state index contributed by atoms with van der Waals surface area (Å²) in [6, 6.07) is 8.15. The van der Waals surface area contributed by atoms with Crippen molar-refractivity contribution in [3.8, 4) is 23.0 Å². The molecule has 0 aliphatic carbocycles. The molecule has 2 aromatic carbocycles. The number of hydrogen-bond acceptors (Lipinski definition) is 5. The van der Waals surface area contributed by atoms with Gasteiger partial charge in [-0.05, 0) is 35.4 Å². The van der Waals surface area contributed by atoms with Crippen molar-refractivity contribution in [2.75, 3.05) is 27.1 Å². The van der Waals surface area contributed by atoms with E-state index in [1.165, 1.54) is 27.4 Å². The average Bonchev–Trinajstić information content (AvgIpc) is 2.60. The lowest BCUT2D eigenvalue weighted by Crippen LogP contribution is -2.04. The molecule has 0 saturated heterocycles. The highest BCUT2D eigenvalue weighted by molar-refractivity contribution is 5.74. The van der Waals surface area contributed by atoms with Gasteiger partial charge in [0.2, 0.25) is 5.75 Å². The predicted octanol–water partition coefficient (Wildman–Crippen LogP) is 4.07. The fraction of sp³-hybridized carbons (Fsp3) is 0.222. The quantitative estimate of drug-likeness (QED) is 0.602. The maximum atomic E-state index is 12.2. The molecule has 0 aromatic heterocycles. The molecule has 0 saturated carbocycles. The van der Waals surface area contributed by atoms with Crippen molar-refractivity contribution < 1.29 is 27.7 Å². The second-order valence-corrected chi connectivity index (χ2v) is 4.97. The van der Waals surface area contributed by atoms with Gasteiger partial charge in [-0.3, -0.25) is 0 Å². The molecule has 2 rings (SSSR count). The van der Waals surface area contributed by atoms with Crippen molar-refractivity contribution in [3.05, 3.63) is 41.5 Å². The summed E-state index contributed by atoms with van der Waals surface area (Å²) >= 11 is 0. The predicted molar refractivity (Wildman–Crippen MR) is 92.5 cm³/mol. The third-order valence-corrected chi connectivity index (χ3v) is 3.41. The second-order valence-electron chi connectivity index (χ2n) is 4.97. The Bertz CT molecular complexity index is 738. The summed E-state index contributed by atoms with van der Waals surface area (Å²) < 4.78 is 44.7. The summed E-state index contributed by atoms with van der Waals surface area (Å²) in [6.07, 6.45) is 3.59. The van der Waals surface area contributed by atoms with E-state index in [0.29, 0.717) is 17.2 Å². The van der Waals surface area contributed by atoms with Gasteiger partial charge in [0.05, 0.1) is 27.0 Å². The first kappa shape index (κ1) is 18.4. The SMILES string of the molecule is COc1cc(C=Cc2ccc(OC(F)F)c(N)c2)cc(OC)c1OC. The van der Waals surface area contributed by atoms with Gasteiger partial charge in [0.1, 0.15) is 5.75 Å². The van der Waals surface area contributed by atoms with Crippen LogP contribution in [0.4, 0.5) is 14.5 Å². The summed E-state index contributed by atoms with van der Waals surface area (Å²) in [7, 11) is 4.60. The number of nitrogen functional groups attached to an aromatic ring is 1. The summed E-state index contributed by atoms with van der Waals surface area (Å²) in [5, 5.41) is 0. The molecule has 0 aliphatic heterocycles. The Morgan fingerprint density at radius 2 is 1.44 bits per heavy atom. The van der Waals surface area contributed by atoms with Crippen LogP contribution in [-0.2, 0) is 0 Å². The van der Waals surface area contributed by atoms with E-state index in [-0.39, 0.29) is 11.4 Å². The lowest BCUT2D eigenvalue weighted by molar-refractivity contribution is -0.0493. The van der Waals surface area contributed by atoms with Crippen LogP contribution >= 0.6 is 0 Å². The van der Waals surface area contributed by atoms with Crippen LogP contribution in [0.15, 0.2) is 30.3 Å². The first-order chi connectivity index (χ1) is 12.0. The Kier molecular flexibility index (Phi) is 6.05. The molecule has 2 N–H and O–H groups in total. The zero-order chi connectivity index (χ0) is 18.4. The molecular weight excluding hydrogens is 332 g/mol. The van der Waals surface area contributed by atoms with E-state index in [1.807, 2.05) is 6.08 Å². The lowest BCUT2D eigenvalue weighted by atomic mass is 10.1. The van der Waals surface area contributed by atoms with Crippen molar-refractivity contribution in [2.24, 2.45) is 0 Å². The topological polar surface area (TPSA) is 62.9 Å². The van der Waals surface area contributed by atoms with E-state index in [2.05, 4.69) is 4.74 Å².